The fourth-order valence-corrected chi connectivity index (χ4v) is 2.70. The van der Waals surface area contributed by atoms with E-state index in [-0.39, 0.29) is 5.91 Å². The number of nitrogens with one attached hydrogen (secondary N) is 1. The molecule has 1 fully saturated rings. The summed E-state index contributed by atoms with van der Waals surface area (Å²) in [5, 5.41) is 5.58. The van der Waals surface area contributed by atoms with E-state index in [2.05, 4.69) is 10.3 Å². The number of anilines is 2. The summed E-state index contributed by atoms with van der Waals surface area (Å²) < 4.78 is 0. The quantitative estimate of drug-likeness (QED) is 0.842. The summed E-state index contributed by atoms with van der Waals surface area (Å²) in [6, 6.07) is 7.34. The molecular formula is C14H15N3OS. The summed E-state index contributed by atoms with van der Waals surface area (Å²) in [5.41, 5.74) is 8.38. The summed E-state index contributed by atoms with van der Waals surface area (Å²) in [6.45, 7) is 0. The predicted octanol–water partition coefficient (Wildman–Crippen LogP) is 2.78. The number of aromatic nitrogens is 1. The van der Waals surface area contributed by atoms with Crippen LogP contribution in [0.15, 0.2) is 29.6 Å². The SMILES string of the molecule is Nc1ccc(CC(=O)Nc2nc(C3CC3)cs2)cc1. The van der Waals surface area contributed by atoms with Crippen LogP contribution in [0.5, 0.6) is 0 Å². The van der Waals surface area contributed by atoms with Crippen LogP contribution in [0.2, 0.25) is 0 Å². The van der Waals surface area contributed by atoms with Gasteiger partial charge in [-0.3, -0.25) is 4.79 Å². The van der Waals surface area contributed by atoms with Gasteiger partial charge in [-0.05, 0) is 30.5 Å². The Morgan fingerprint density at radius 1 is 1.37 bits per heavy atom. The van der Waals surface area contributed by atoms with Crippen molar-refractivity contribution in [3.8, 4) is 0 Å². The van der Waals surface area contributed by atoms with Crippen LogP contribution >= 0.6 is 11.3 Å². The molecule has 1 amide bonds. The molecule has 2 aromatic rings. The average molecular weight is 273 g/mol. The molecule has 19 heavy (non-hydrogen) atoms. The molecule has 4 nitrogen and oxygen atoms in total. The van der Waals surface area contributed by atoms with Gasteiger partial charge in [-0.1, -0.05) is 12.1 Å². The van der Waals surface area contributed by atoms with Gasteiger partial charge in [0.2, 0.25) is 5.91 Å². The lowest BCUT2D eigenvalue weighted by Gasteiger charge is -2.02. The summed E-state index contributed by atoms with van der Waals surface area (Å²) >= 11 is 1.50. The van der Waals surface area contributed by atoms with Gasteiger partial charge in [-0.25, -0.2) is 4.98 Å². The summed E-state index contributed by atoms with van der Waals surface area (Å²) in [6.07, 6.45) is 2.80. The van der Waals surface area contributed by atoms with Crippen LogP contribution in [0, 0.1) is 0 Å². The van der Waals surface area contributed by atoms with Gasteiger partial charge in [0.1, 0.15) is 0 Å². The van der Waals surface area contributed by atoms with Gasteiger partial charge in [-0.2, -0.15) is 0 Å². The Kier molecular flexibility index (Phi) is 3.21. The second kappa shape index (κ2) is 5.01. The van der Waals surface area contributed by atoms with Crippen LogP contribution in [0.25, 0.3) is 0 Å². The molecule has 98 valence electrons. The van der Waals surface area contributed by atoms with E-state index in [4.69, 9.17) is 5.73 Å². The van der Waals surface area contributed by atoms with Crippen LogP contribution in [-0.4, -0.2) is 10.9 Å². The average Bonchev–Trinajstić information content (AvgIpc) is 3.14. The summed E-state index contributed by atoms with van der Waals surface area (Å²) in [4.78, 5) is 16.3. The Balaban J connectivity index is 1.59. The molecule has 1 aliphatic carbocycles. The van der Waals surface area contributed by atoms with Crippen molar-refractivity contribution in [3.05, 3.63) is 40.9 Å². The standard InChI is InChI=1S/C14H15N3OS/c15-11-5-1-9(2-6-11)7-13(18)17-14-16-12(8-19-14)10-3-4-10/h1-2,5-6,8,10H,3-4,7,15H2,(H,16,17,18). The lowest BCUT2D eigenvalue weighted by molar-refractivity contribution is -0.115. The number of thiazole rings is 1. The zero-order valence-corrected chi connectivity index (χ0v) is 11.2. The van der Waals surface area contributed by atoms with Crippen molar-refractivity contribution in [3.63, 3.8) is 0 Å². The number of benzene rings is 1. The third-order valence-electron chi connectivity index (χ3n) is 3.11. The first-order chi connectivity index (χ1) is 9.20. The van der Waals surface area contributed by atoms with Crippen molar-refractivity contribution in [2.75, 3.05) is 11.1 Å². The number of nitrogens with zero attached hydrogens (tertiary/aromatic N) is 1. The second-order valence-corrected chi connectivity index (χ2v) is 5.68. The van der Waals surface area contributed by atoms with E-state index in [1.807, 2.05) is 17.5 Å². The monoisotopic (exact) mass is 273 g/mol. The van der Waals surface area contributed by atoms with Crippen LogP contribution in [-0.2, 0) is 11.2 Å². The minimum absolute atomic E-state index is 0.0403. The maximum atomic E-state index is 11.9. The van der Waals surface area contributed by atoms with Crippen LogP contribution < -0.4 is 11.1 Å². The largest absolute Gasteiger partial charge is 0.399 e. The second-order valence-electron chi connectivity index (χ2n) is 4.82. The van der Waals surface area contributed by atoms with Crippen molar-refractivity contribution in [2.24, 2.45) is 0 Å². The molecule has 0 saturated heterocycles. The Labute approximate surface area is 115 Å². The lowest BCUT2D eigenvalue weighted by Crippen LogP contribution is -2.14. The molecule has 0 bridgehead atoms. The molecule has 3 N–H and O–H groups in total. The third-order valence-corrected chi connectivity index (χ3v) is 3.88. The van der Waals surface area contributed by atoms with Gasteiger partial charge in [-0.15, -0.1) is 11.3 Å². The topological polar surface area (TPSA) is 68.0 Å². The molecule has 1 aromatic heterocycles. The molecule has 1 saturated carbocycles. The number of rotatable bonds is 4. The highest BCUT2D eigenvalue weighted by Crippen LogP contribution is 2.40. The summed E-state index contributed by atoms with van der Waals surface area (Å²) in [7, 11) is 0. The molecule has 0 unspecified atom stereocenters. The molecule has 0 aliphatic heterocycles. The van der Waals surface area contributed by atoms with Gasteiger partial charge < -0.3 is 11.1 Å². The first-order valence-corrected chi connectivity index (χ1v) is 7.18. The summed E-state index contributed by atoms with van der Waals surface area (Å²) in [5.74, 6) is 0.584. The Bertz CT molecular complexity index is 587. The van der Waals surface area contributed by atoms with E-state index in [0.29, 0.717) is 23.2 Å². The number of carbonyl (C=O) groups is 1. The minimum atomic E-state index is -0.0403. The first-order valence-electron chi connectivity index (χ1n) is 6.30. The highest BCUT2D eigenvalue weighted by molar-refractivity contribution is 7.13. The van der Waals surface area contributed by atoms with Gasteiger partial charge in [0.15, 0.2) is 5.13 Å². The van der Waals surface area contributed by atoms with E-state index in [1.54, 1.807) is 12.1 Å². The van der Waals surface area contributed by atoms with Crippen molar-refractivity contribution >= 4 is 28.1 Å². The molecular weight excluding hydrogens is 258 g/mol. The molecule has 0 spiro atoms. The number of hydrogen-bond acceptors (Lipinski definition) is 4. The molecule has 0 radical (unpaired) electrons. The fourth-order valence-electron chi connectivity index (χ4n) is 1.89. The van der Waals surface area contributed by atoms with Gasteiger partial charge in [0.25, 0.3) is 0 Å². The highest BCUT2D eigenvalue weighted by atomic mass is 32.1. The van der Waals surface area contributed by atoms with Crippen LogP contribution in [0.1, 0.15) is 30.0 Å². The first kappa shape index (κ1) is 12.2. The number of carbonyl (C=O) groups excluding carboxylic acids is 1. The smallest absolute Gasteiger partial charge is 0.230 e. The fraction of sp³-hybridized carbons (Fsp3) is 0.286. The van der Waals surface area contributed by atoms with Gasteiger partial charge >= 0.3 is 0 Å². The molecule has 0 atom stereocenters. The number of hydrogen-bond donors (Lipinski definition) is 2. The van der Waals surface area contributed by atoms with E-state index < -0.39 is 0 Å². The molecule has 1 aliphatic rings. The zero-order chi connectivity index (χ0) is 13.2. The molecule has 1 heterocycles. The number of amides is 1. The van der Waals surface area contributed by atoms with E-state index in [1.165, 1.54) is 24.2 Å². The number of nitrogen functional groups attached to an aromatic ring is 1. The third kappa shape index (κ3) is 3.12. The molecule has 1 aromatic carbocycles. The Hall–Kier alpha value is -1.88. The van der Waals surface area contributed by atoms with Crippen molar-refractivity contribution in [1.29, 1.82) is 0 Å². The van der Waals surface area contributed by atoms with E-state index in [0.717, 1.165) is 11.3 Å². The van der Waals surface area contributed by atoms with Crippen LogP contribution in [0.3, 0.4) is 0 Å². The minimum Gasteiger partial charge on any atom is -0.399 e. The van der Waals surface area contributed by atoms with E-state index >= 15 is 0 Å². The van der Waals surface area contributed by atoms with E-state index in [9.17, 15) is 4.79 Å². The van der Waals surface area contributed by atoms with Gasteiger partial charge in [0, 0.05) is 17.0 Å². The van der Waals surface area contributed by atoms with Gasteiger partial charge in [0.05, 0.1) is 12.1 Å². The Morgan fingerprint density at radius 3 is 2.79 bits per heavy atom. The molecule has 3 rings (SSSR count). The van der Waals surface area contributed by atoms with Crippen LogP contribution in [0.4, 0.5) is 10.8 Å². The van der Waals surface area contributed by atoms with Crippen molar-refractivity contribution in [1.82, 2.24) is 4.98 Å². The zero-order valence-electron chi connectivity index (χ0n) is 10.4. The highest BCUT2D eigenvalue weighted by Gasteiger charge is 2.26. The molecule has 5 heteroatoms. The Morgan fingerprint density at radius 2 is 2.11 bits per heavy atom. The maximum Gasteiger partial charge on any atom is 0.230 e. The maximum absolute atomic E-state index is 11.9. The number of nitrogens with two attached hydrogens (primary N) is 1. The predicted molar refractivity (Wildman–Crippen MR) is 77.3 cm³/mol. The van der Waals surface area contributed by atoms with Crippen molar-refractivity contribution < 1.29 is 4.79 Å². The van der Waals surface area contributed by atoms with Crippen molar-refractivity contribution in [2.45, 2.75) is 25.2 Å². The normalized spacial score (nSPS) is 14.3. The lowest BCUT2D eigenvalue weighted by atomic mass is 10.1.